The first-order chi connectivity index (χ1) is 15.5. The number of nitrogens with zero attached hydrogens (tertiary/aromatic N) is 4. The summed E-state index contributed by atoms with van der Waals surface area (Å²) in [5.41, 5.74) is -0.267. The number of para-hydroxylation sites is 1. The highest BCUT2D eigenvalue weighted by molar-refractivity contribution is 5.64. The summed E-state index contributed by atoms with van der Waals surface area (Å²) in [4.78, 5) is 31.6. The van der Waals surface area contributed by atoms with E-state index in [4.69, 9.17) is 4.74 Å². The van der Waals surface area contributed by atoms with Crippen molar-refractivity contribution in [2.75, 3.05) is 18.2 Å². The van der Waals surface area contributed by atoms with Crippen LogP contribution in [0.3, 0.4) is 0 Å². The molecular weight excluding hydrogens is 415 g/mol. The van der Waals surface area contributed by atoms with Gasteiger partial charge in [-0.1, -0.05) is 30.3 Å². The minimum atomic E-state index is -0.567. The molecule has 1 N–H and O–H groups in total. The molecule has 0 aliphatic heterocycles. The maximum atomic E-state index is 13.4. The van der Waals surface area contributed by atoms with Crippen LogP contribution >= 0.6 is 0 Å². The third kappa shape index (κ3) is 5.12. The Labute approximate surface area is 184 Å². The van der Waals surface area contributed by atoms with Crippen LogP contribution in [0, 0.1) is 5.82 Å². The van der Waals surface area contributed by atoms with Crippen molar-refractivity contribution in [3.63, 3.8) is 0 Å². The molecule has 0 saturated heterocycles. The van der Waals surface area contributed by atoms with Crippen LogP contribution in [0.25, 0.3) is 0 Å². The van der Waals surface area contributed by atoms with E-state index in [0.29, 0.717) is 5.75 Å². The van der Waals surface area contributed by atoms with Gasteiger partial charge in [-0.2, -0.15) is 0 Å². The Kier molecular flexibility index (Phi) is 7.56. The molecule has 0 amide bonds. The highest BCUT2D eigenvalue weighted by Crippen LogP contribution is 2.25. The monoisotopic (exact) mass is 440 g/mol. The van der Waals surface area contributed by atoms with Gasteiger partial charge in [0.05, 0.1) is 0 Å². The lowest BCUT2D eigenvalue weighted by Crippen LogP contribution is -2.43. The van der Waals surface area contributed by atoms with Crippen LogP contribution in [0.5, 0.6) is 5.75 Å². The molecule has 0 atom stereocenters. The molecule has 9 heteroatoms. The van der Waals surface area contributed by atoms with Gasteiger partial charge in [-0.25, -0.2) is 14.2 Å². The molecule has 0 bridgehead atoms. The highest BCUT2D eigenvalue weighted by Gasteiger charge is 2.23. The van der Waals surface area contributed by atoms with Crippen LogP contribution in [0.4, 0.5) is 15.9 Å². The van der Waals surface area contributed by atoms with Crippen molar-refractivity contribution in [3.8, 4) is 5.75 Å². The average molecular weight is 440 g/mol. The van der Waals surface area contributed by atoms with Crippen molar-refractivity contribution in [1.29, 1.82) is 0 Å². The third-order valence-corrected chi connectivity index (χ3v) is 4.92. The molecule has 0 aliphatic rings. The number of rotatable bonds is 10. The van der Waals surface area contributed by atoms with Gasteiger partial charge in [0.1, 0.15) is 17.3 Å². The molecule has 3 aromatic rings. The van der Waals surface area contributed by atoms with Crippen molar-refractivity contribution in [2.24, 2.45) is 12.0 Å². The Balaban J connectivity index is 2.10. The normalized spacial score (nSPS) is 10.7. The summed E-state index contributed by atoms with van der Waals surface area (Å²) in [7, 11) is 1.50. The van der Waals surface area contributed by atoms with Crippen molar-refractivity contribution >= 4 is 18.2 Å². The number of anilines is 1. The zero-order chi connectivity index (χ0) is 23.1. The number of aliphatic hydroxyl groups excluding tert-OH is 1. The van der Waals surface area contributed by atoms with Gasteiger partial charge in [-0.3, -0.25) is 13.9 Å². The number of benzene rings is 2. The number of aromatic nitrogens is 2. The smallest absolute Gasteiger partial charge is 0.332 e. The van der Waals surface area contributed by atoms with Gasteiger partial charge in [-0.15, -0.1) is 0 Å². The zero-order valence-electron chi connectivity index (χ0n) is 17.8. The van der Waals surface area contributed by atoms with E-state index < -0.39 is 11.2 Å². The molecule has 2 aromatic carbocycles. The minimum Gasteiger partial charge on any atom is -0.473 e. The summed E-state index contributed by atoms with van der Waals surface area (Å²) in [6.07, 6.45) is 0.244. The molecule has 0 unspecified atom stereocenters. The van der Waals surface area contributed by atoms with Crippen LogP contribution in [-0.4, -0.2) is 34.3 Å². The lowest BCUT2D eigenvalue weighted by Gasteiger charge is -2.27. The summed E-state index contributed by atoms with van der Waals surface area (Å²) < 4.78 is 21.6. The first kappa shape index (κ1) is 23.0. The van der Waals surface area contributed by atoms with E-state index in [9.17, 15) is 19.1 Å². The van der Waals surface area contributed by atoms with Gasteiger partial charge >= 0.3 is 5.69 Å². The number of aliphatic imine (C=N–C) groups is 1. The van der Waals surface area contributed by atoms with Crippen molar-refractivity contribution in [1.82, 2.24) is 9.13 Å². The Hall–Kier alpha value is -3.72. The third-order valence-electron chi connectivity index (χ3n) is 4.92. The molecule has 0 saturated carbocycles. The van der Waals surface area contributed by atoms with E-state index in [2.05, 4.69) is 11.7 Å². The van der Waals surface area contributed by atoms with E-state index in [1.54, 1.807) is 29.2 Å². The predicted octanol–water partition coefficient (Wildman–Crippen LogP) is 2.44. The molecule has 1 heterocycles. The molecule has 8 nitrogen and oxygen atoms in total. The molecule has 3 rings (SSSR count). The summed E-state index contributed by atoms with van der Waals surface area (Å²) >= 11 is 0. The second-order valence-corrected chi connectivity index (χ2v) is 7.12. The minimum absolute atomic E-state index is 0.0304. The standard InChI is InChI=1S/C23H25FN4O4/c1-25-21-20(22(30)28(13-6-14-29)23(31)26(21)2)27(15-17-9-11-18(24)12-10-17)16-32-19-7-4-3-5-8-19/h3-5,7-12,29H,1,6,13-16H2,2H3. The SMILES string of the molecule is C=Nc1c(N(COc2ccccc2)Cc2ccc(F)cc2)c(=O)n(CCCO)c(=O)n1C. The van der Waals surface area contributed by atoms with E-state index >= 15 is 0 Å². The Bertz CT molecular complexity index is 1170. The maximum Gasteiger partial charge on any atom is 0.332 e. The average Bonchev–Trinajstić information content (AvgIpc) is 2.81. The highest BCUT2D eigenvalue weighted by atomic mass is 19.1. The second-order valence-electron chi connectivity index (χ2n) is 7.12. The topological polar surface area (TPSA) is 89.1 Å². The summed E-state index contributed by atoms with van der Waals surface area (Å²) in [5.74, 6) is 0.317. The van der Waals surface area contributed by atoms with E-state index in [1.807, 2.05) is 18.2 Å². The second kappa shape index (κ2) is 10.5. The lowest BCUT2D eigenvalue weighted by molar-refractivity contribution is 0.277. The van der Waals surface area contributed by atoms with Crippen LogP contribution in [0.1, 0.15) is 12.0 Å². The Morgan fingerprint density at radius 3 is 2.44 bits per heavy atom. The predicted molar refractivity (Wildman–Crippen MR) is 121 cm³/mol. The fourth-order valence-electron chi connectivity index (χ4n) is 3.29. The summed E-state index contributed by atoms with van der Waals surface area (Å²) in [6, 6.07) is 14.9. The number of hydrogen-bond acceptors (Lipinski definition) is 6. The summed E-state index contributed by atoms with van der Waals surface area (Å²) in [6.45, 7) is 3.59. The van der Waals surface area contributed by atoms with Gasteiger partial charge in [0.2, 0.25) is 0 Å². The molecular formula is C23H25FN4O4. The summed E-state index contributed by atoms with van der Waals surface area (Å²) in [5, 5.41) is 9.17. The first-order valence-corrected chi connectivity index (χ1v) is 10.0. The first-order valence-electron chi connectivity index (χ1n) is 10.0. The van der Waals surface area contributed by atoms with Crippen LogP contribution < -0.4 is 20.9 Å². The molecule has 0 spiro atoms. The van der Waals surface area contributed by atoms with Crippen LogP contribution in [0.15, 0.2) is 69.2 Å². The fraction of sp³-hybridized carbons (Fsp3) is 0.261. The van der Waals surface area contributed by atoms with E-state index in [0.717, 1.165) is 10.1 Å². The molecule has 0 aliphatic carbocycles. The molecule has 1 aromatic heterocycles. The van der Waals surface area contributed by atoms with Crippen LogP contribution in [-0.2, 0) is 20.1 Å². The fourth-order valence-corrected chi connectivity index (χ4v) is 3.29. The molecule has 168 valence electrons. The van der Waals surface area contributed by atoms with Gasteiger partial charge in [0.25, 0.3) is 5.56 Å². The molecule has 32 heavy (non-hydrogen) atoms. The van der Waals surface area contributed by atoms with Gasteiger partial charge in [0, 0.05) is 26.7 Å². The quantitative estimate of drug-likeness (QED) is 0.386. The van der Waals surface area contributed by atoms with Crippen molar-refractivity contribution < 1.29 is 14.2 Å². The Morgan fingerprint density at radius 2 is 1.81 bits per heavy atom. The molecule has 0 radical (unpaired) electrons. The lowest BCUT2D eigenvalue weighted by atomic mass is 10.2. The van der Waals surface area contributed by atoms with E-state index in [-0.39, 0.29) is 50.2 Å². The zero-order valence-corrected chi connectivity index (χ0v) is 17.8. The van der Waals surface area contributed by atoms with Gasteiger partial charge < -0.3 is 14.7 Å². The number of ether oxygens (including phenoxy) is 1. The van der Waals surface area contributed by atoms with Gasteiger partial charge in [0.15, 0.2) is 12.5 Å². The van der Waals surface area contributed by atoms with Crippen molar-refractivity contribution in [2.45, 2.75) is 19.5 Å². The van der Waals surface area contributed by atoms with Crippen LogP contribution in [0.2, 0.25) is 0 Å². The van der Waals surface area contributed by atoms with Gasteiger partial charge in [-0.05, 0) is 43.0 Å². The number of halogens is 1. The largest absolute Gasteiger partial charge is 0.473 e. The maximum absolute atomic E-state index is 13.4. The number of aliphatic hydroxyl groups is 1. The molecule has 0 fully saturated rings. The van der Waals surface area contributed by atoms with E-state index in [1.165, 1.54) is 23.7 Å². The van der Waals surface area contributed by atoms with Crippen molar-refractivity contribution in [3.05, 3.63) is 86.8 Å². The Morgan fingerprint density at radius 1 is 1.12 bits per heavy atom. The number of hydrogen-bond donors (Lipinski definition) is 1.